The Hall–Kier alpha value is -0.370. The molecule has 0 unspecified atom stereocenters. The first kappa shape index (κ1) is 6.75. The maximum Gasteiger partial charge on any atom is 0.160 e. The van der Waals surface area contributed by atoms with Gasteiger partial charge in [0, 0.05) is 5.56 Å². The van der Waals surface area contributed by atoms with Gasteiger partial charge in [-0.3, -0.25) is 0 Å². The van der Waals surface area contributed by atoms with Crippen LogP contribution in [0.3, 0.4) is 0 Å². The first-order chi connectivity index (χ1) is 4.13. The van der Waals surface area contributed by atoms with Gasteiger partial charge < -0.3 is 4.42 Å². The normalized spacial score (nSPS) is 10.2. The molecular formula is C7H10OS. The van der Waals surface area contributed by atoms with Crippen LogP contribution < -0.4 is 0 Å². The highest BCUT2D eigenvalue weighted by molar-refractivity contribution is 7.80. The van der Waals surface area contributed by atoms with Crippen LogP contribution in [-0.2, 0) is 0 Å². The molecule has 0 bridgehead atoms. The SMILES string of the molecule is Cc1oc(S)c(C)c1C. The molecule has 0 amide bonds. The molecule has 0 aliphatic carbocycles. The minimum Gasteiger partial charge on any atom is -0.455 e. The molecule has 1 heterocycles. The van der Waals surface area contributed by atoms with Crippen molar-refractivity contribution in [2.45, 2.75) is 25.9 Å². The molecule has 50 valence electrons. The molecule has 2 heteroatoms. The van der Waals surface area contributed by atoms with Crippen LogP contribution in [0, 0.1) is 20.8 Å². The molecule has 0 radical (unpaired) electrons. The molecule has 0 saturated carbocycles. The number of hydrogen-bond acceptors (Lipinski definition) is 2. The molecule has 0 fully saturated rings. The Morgan fingerprint density at radius 2 is 1.67 bits per heavy atom. The van der Waals surface area contributed by atoms with E-state index in [0.717, 1.165) is 16.4 Å². The number of thiol groups is 1. The van der Waals surface area contributed by atoms with Gasteiger partial charge in [-0.25, -0.2) is 0 Å². The van der Waals surface area contributed by atoms with Crippen LogP contribution >= 0.6 is 12.6 Å². The van der Waals surface area contributed by atoms with Crippen LogP contribution in [0.4, 0.5) is 0 Å². The van der Waals surface area contributed by atoms with Gasteiger partial charge >= 0.3 is 0 Å². The fourth-order valence-corrected chi connectivity index (χ4v) is 1.03. The van der Waals surface area contributed by atoms with Gasteiger partial charge in [0.2, 0.25) is 0 Å². The summed E-state index contributed by atoms with van der Waals surface area (Å²) < 4.78 is 5.21. The van der Waals surface area contributed by atoms with E-state index in [1.165, 1.54) is 5.56 Å². The van der Waals surface area contributed by atoms with E-state index < -0.39 is 0 Å². The summed E-state index contributed by atoms with van der Waals surface area (Å²) in [5.41, 5.74) is 2.36. The molecule has 0 atom stereocenters. The average Bonchev–Trinajstić information content (AvgIpc) is 1.98. The first-order valence-electron chi connectivity index (χ1n) is 2.88. The lowest BCUT2D eigenvalue weighted by Crippen LogP contribution is -1.72. The summed E-state index contributed by atoms with van der Waals surface area (Å²) in [5.74, 6) is 0.970. The van der Waals surface area contributed by atoms with Gasteiger partial charge in [-0.15, -0.1) is 12.6 Å². The largest absolute Gasteiger partial charge is 0.455 e. The van der Waals surface area contributed by atoms with Gasteiger partial charge in [0.1, 0.15) is 5.76 Å². The Morgan fingerprint density at radius 3 is 1.78 bits per heavy atom. The third-order valence-electron chi connectivity index (χ3n) is 1.66. The summed E-state index contributed by atoms with van der Waals surface area (Å²) in [4.78, 5) is 0. The Kier molecular flexibility index (Phi) is 1.58. The van der Waals surface area contributed by atoms with E-state index in [4.69, 9.17) is 4.42 Å². The average molecular weight is 142 g/mol. The molecule has 1 aromatic rings. The fraction of sp³-hybridized carbons (Fsp3) is 0.429. The smallest absolute Gasteiger partial charge is 0.160 e. The molecule has 9 heavy (non-hydrogen) atoms. The Balaban J connectivity index is 3.29. The van der Waals surface area contributed by atoms with Crippen molar-refractivity contribution >= 4 is 12.6 Å². The van der Waals surface area contributed by atoms with Gasteiger partial charge in [0.15, 0.2) is 5.09 Å². The molecule has 0 spiro atoms. The maximum absolute atomic E-state index is 5.21. The second-order valence-corrected chi connectivity index (χ2v) is 2.62. The Morgan fingerprint density at radius 1 is 1.11 bits per heavy atom. The predicted octanol–water partition coefficient (Wildman–Crippen LogP) is 2.49. The van der Waals surface area contributed by atoms with Gasteiger partial charge in [-0.2, -0.15) is 0 Å². The van der Waals surface area contributed by atoms with E-state index in [1.54, 1.807) is 0 Å². The minimum absolute atomic E-state index is 0.741. The van der Waals surface area contributed by atoms with Gasteiger partial charge in [0.05, 0.1) is 0 Å². The van der Waals surface area contributed by atoms with E-state index in [2.05, 4.69) is 12.6 Å². The van der Waals surface area contributed by atoms with Gasteiger partial charge in [0.25, 0.3) is 0 Å². The molecule has 0 aliphatic heterocycles. The van der Waals surface area contributed by atoms with E-state index >= 15 is 0 Å². The summed E-state index contributed by atoms with van der Waals surface area (Å²) in [6.45, 7) is 5.99. The lowest BCUT2D eigenvalue weighted by atomic mass is 10.2. The molecule has 0 saturated heterocycles. The van der Waals surface area contributed by atoms with Crippen LogP contribution in [0.5, 0.6) is 0 Å². The Labute approximate surface area is 60.5 Å². The summed E-state index contributed by atoms with van der Waals surface area (Å²) in [6, 6.07) is 0. The standard InChI is InChI=1S/C7H10OS/c1-4-5(2)7(9)8-6(4)3/h9H,1-3H3. The molecular weight excluding hydrogens is 132 g/mol. The zero-order valence-electron chi connectivity index (χ0n) is 5.86. The highest BCUT2D eigenvalue weighted by Gasteiger charge is 2.05. The fourth-order valence-electron chi connectivity index (χ4n) is 0.723. The van der Waals surface area contributed by atoms with Gasteiger partial charge in [-0.1, -0.05) is 0 Å². The van der Waals surface area contributed by atoms with Gasteiger partial charge in [-0.05, 0) is 26.3 Å². The van der Waals surface area contributed by atoms with Crippen LogP contribution in [0.15, 0.2) is 9.51 Å². The van der Waals surface area contributed by atoms with Crippen molar-refractivity contribution in [1.82, 2.24) is 0 Å². The summed E-state index contributed by atoms with van der Waals surface area (Å²) in [7, 11) is 0. The number of hydrogen-bond donors (Lipinski definition) is 1. The highest BCUT2D eigenvalue weighted by atomic mass is 32.1. The van der Waals surface area contributed by atoms with Crippen LogP contribution in [-0.4, -0.2) is 0 Å². The van der Waals surface area contributed by atoms with Crippen molar-refractivity contribution in [1.29, 1.82) is 0 Å². The zero-order valence-corrected chi connectivity index (χ0v) is 6.75. The Bertz CT molecular complexity index is 203. The van der Waals surface area contributed by atoms with Crippen molar-refractivity contribution < 1.29 is 4.42 Å². The highest BCUT2D eigenvalue weighted by Crippen LogP contribution is 2.22. The molecule has 0 aromatic carbocycles. The number of rotatable bonds is 0. The summed E-state index contributed by atoms with van der Waals surface area (Å²) in [6.07, 6.45) is 0. The topological polar surface area (TPSA) is 13.1 Å². The second-order valence-electron chi connectivity index (χ2n) is 2.21. The molecule has 0 aliphatic rings. The predicted molar refractivity (Wildman–Crippen MR) is 40.2 cm³/mol. The van der Waals surface area contributed by atoms with Crippen LogP contribution in [0.2, 0.25) is 0 Å². The minimum atomic E-state index is 0.741. The number of furan rings is 1. The van der Waals surface area contributed by atoms with Crippen LogP contribution in [0.1, 0.15) is 16.9 Å². The van der Waals surface area contributed by atoms with E-state index in [-0.39, 0.29) is 0 Å². The summed E-state index contributed by atoms with van der Waals surface area (Å²) in [5, 5.41) is 0.741. The molecule has 1 nitrogen and oxygen atoms in total. The summed E-state index contributed by atoms with van der Waals surface area (Å²) >= 11 is 4.12. The van der Waals surface area contributed by atoms with E-state index in [0.29, 0.717) is 0 Å². The van der Waals surface area contributed by atoms with E-state index in [9.17, 15) is 0 Å². The van der Waals surface area contributed by atoms with Crippen molar-refractivity contribution in [2.24, 2.45) is 0 Å². The third-order valence-corrected chi connectivity index (χ3v) is 2.09. The van der Waals surface area contributed by atoms with Crippen molar-refractivity contribution in [3.63, 3.8) is 0 Å². The molecule has 0 N–H and O–H groups in total. The second kappa shape index (κ2) is 2.10. The molecule has 1 aromatic heterocycles. The lowest BCUT2D eigenvalue weighted by Gasteiger charge is -1.84. The number of aryl methyl sites for hydroxylation is 1. The maximum atomic E-state index is 5.21. The van der Waals surface area contributed by atoms with Crippen molar-refractivity contribution in [3.05, 3.63) is 16.9 Å². The quantitative estimate of drug-likeness (QED) is 0.549. The first-order valence-corrected chi connectivity index (χ1v) is 3.33. The van der Waals surface area contributed by atoms with Crippen LogP contribution in [0.25, 0.3) is 0 Å². The van der Waals surface area contributed by atoms with Crippen molar-refractivity contribution in [2.75, 3.05) is 0 Å². The monoisotopic (exact) mass is 142 g/mol. The lowest BCUT2D eigenvalue weighted by molar-refractivity contribution is 0.446. The van der Waals surface area contributed by atoms with Crippen molar-refractivity contribution in [3.8, 4) is 0 Å². The zero-order chi connectivity index (χ0) is 7.02. The third kappa shape index (κ3) is 0.990. The molecule has 1 rings (SSSR count). The van der Waals surface area contributed by atoms with E-state index in [1.807, 2.05) is 20.8 Å².